The Morgan fingerprint density at radius 1 is 1.18 bits per heavy atom. The minimum Gasteiger partial charge on any atom is -0.369 e. The van der Waals surface area contributed by atoms with Gasteiger partial charge in [0.25, 0.3) is 0 Å². The van der Waals surface area contributed by atoms with Crippen molar-refractivity contribution in [3.05, 3.63) is 47.7 Å². The predicted molar refractivity (Wildman–Crippen MR) is 135 cm³/mol. The van der Waals surface area contributed by atoms with Gasteiger partial charge in [-0.15, -0.1) is 0 Å². The highest BCUT2D eigenvalue weighted by Crippen LogP contribution is 2.31. The number of aromatic amines is 1. The SMILES string of the molecule is CCC(=O)Cc1ccc(Sc2nc(Nc3cc(C)[nH]n3)cc(N3CC(OC(C)(C)C)C3)n2)cc1. The monoisotopic (exact) mass is 480 g/mol. The van der Waals surface area contributed by atoms with Crippen molar-refractivity contribution in [2.45, 2.75) is 69.2 Å². The van der Waals surface area contributed by atoms with E-state index in [1.165, 1.54) is 11.8 Å². The maximum Gasteiger partial charge on any atom is 0.196 e. The maximum atomic E-state index is 11.7. The second-order valence-corrected chi connectivity index (χ2v) is 10.6. The number of carbonyl (C=O) groups excluding carboxylic acids is 1. The summed E-state index contributed by atoms with van der Waals surface area (Å²) in [6, 6.07) is 11.9. The smallest absolute Gasteiger partial charge is 0.196 e. The fraction of sp³-hybridized carbons (Fsp3) is 0.440. The van der Waals surface area contributed by atoms with E-state index in [-0.39, 0.29) is 17.5 Å². The zero-order valence-corrected chi connectivity index (χ0v) is 21.2. The molecular weight excluding hydrogens is 448 g/mol. The number of benzene rings is 1. The van der Waals surface area contributed by atoms with Gasteiger partial charge >= 0.3 is 0 Å². The van der Waals surface area contributed by atoms with E-state index in [1.807, 2.05) is 50.2 Å². The van der Waals surface area contributed by atoms with Crippen LogP contribution < -0.4 is 10.2 Å². The molecule has 0 bridgehead atoms. The van der Waals surface area contributed by atoms with Gasteiger partial charge in [-0.1, -0.05) is 19.1 Å². The summed E-state index contributed by atoms with van der Waals surface area (Å²) >= 11 is 1.49. The van der Waals surface area contributed by atoms with Gasteiger partial charge in [-0.05, 0) is 57.2 Å². The molecule has 0 unspecified atom stereocenters. The van der Waals surface area contributed by atoms with Crippen LogP contribution in [-0.2, 0) is 16.0 Å². The Bertz CT molecular complexity index is 1130. The lowest BCUT2D eigenvalue weighted by molar-refractivity contribution is -0.118. The Kier molecular flexibility index (Phi) is 7.23. The third kappa shape index (κ3) is 6.57. The van der Waals surface area contributed by atoms with E-state index in [0.717, 1.165) is 35.1 Å². The number of H-pyrrole nitrogens is 1. The molecule has 1 aliphatic heterocycles. The summed E-state index contributed by atoms with van der Waals surface area (Å²) in [7, 11) is 0. The third-order valence-electron chi connectivity index (χ3n) is 5.27. The number of hydrogen-bond donors (Lipinski definition) is 2. The number of aryl methyl sites for hydroxylation is 1. The molecule has 0 saturated carbocycles. The van der Waals surface area contributed by atoms with Gasteiger partial charge in [0.15, 0.2) is 11.0 Å². The van der Waals surface area contributed by atoms with Gasteiger partial charge in [-0.3, -0.25) is 9.89 Å². The van der Waals surface area contributed by atoms with Crippen molar-refractivity contribution in [3.8, 4) is 0 Å². The van der Waals surface area contributed by atoms with E-state index in [0.29, 0.717) is 29.6 Å². The van der Waals surface area contributed by atoms with E-state index in [1.54, 1.807) is 0 Å². The maximum absolute atomic E-state index is 11.7. The lowest BCUT2D eigenvalue weighted by atomic mass is 10.1. The van der Waals surface area contributed by atoms with Crippen LogP contribution in [0.1, 0.15) is 45.4 Å². The normalized spacial score (nSPS) is 14.2. The molecule has 1 aliphatic rings. The predicted octanol–water partition coefficient (Wildman–Crippen LogP) is 4.93. The van der Waals surface area contributed by atoms with Crippen molar-refractivity contribution in [1.29, 1.82) is 0 Å². The molecular formula is C25H32N6O2S. The summed E-state index contributed by atoms with van der Waals surface area (Å²) in [6.45, 7) is 11.7. The van der Waals surface area contributed by atoms with E-state index >= 15 is 0 Å². The average molecular weight is 481 g/mol. The van der Waals surface area contributed by atoms with Gasteiger partial charge in [0.2, 0.25) is 0 Å². The lowest BCUT2D eigenvalue weighted by Gasteiger charge is -2.42. The Hall–Kier alpha value is -2.91. The second-order valence-electron chi connectivity index (χ2n) is 9.53. The van der Waals surface area contributed by atoms with Crippen molar-refractivity contribution in [1.82, 2.24) is 20.2 Å². The number of carbonyl (C=O) groups is 1. The van der Waals surface area contributed by atoms with Crippen LogP contribution in [0.2, 0.25) is 0 Å². The van der Waals surface area contributed by atoms with Crippen molar-refractivity contribution in [2.75, 3.05) is 23.3 Å². The summed E-state index contributed by atoms with van der Waals surface area (Å²) < 4.78 is 6.08. The van der Waals surface area contributed by atoms with Crippen molar-refractivity contribution in [3.63, 3.8) is 0 Å². The molecule has 1 fully saturated rings. The molecule has 0 spiro atoms. The number of ether oxygens (including phenoxy) is 1. The van der Waals surface area contributed by atoms with Crippen LogP contribution >= 0.6 is 11.8 Å². The first-order chi connectivity index (χ1) is 16.2. The first-order valence-electron chi connectivity index (χ1n) is 11.6. The number of ketones is 1. The molecule has 1 saturated heterocycles. The van der Waals surface area contributed by atoms with Crippen LogP contribution in [0.5, 0.6) is 0 Å². The van der Waals surface area contributed by atoms with Crippen LogP contribution in [0.15, 0.2) is 46.5 Å². The molecule has 0 amide bonds. The molecule has 4 rings (SSSR count). The Morgan fingerprint density at radius 2 is 1.91 bits per heavy atom. The Labute approximate surface area is 204 Å². The van der Waals surface area contributed by atoms with Gasteiger partial charge in [-0.2, -0.15) is 5.10 Å². The zero-order chi connectivity index (χ0) is 24.3. The van der Waals surface area contributed by atoms with Gasteiger partial charge in [0.1, 0.15) is 17.4 Å². The lowest BCUT2D eigenvalue weighted by Crippen LogP contribution is -2.54. The van der Waals surface area contributed by atoms with Crippen LogP contribution in [0.4, 0.5) is 17.5 Å². The van der Waals surface area contributed by atoms with Crippen LogP contribution in [0, 0.1) is 6.92 Å². The molecule has 2 N–H and O–H groups in total. The van der Waals surface area contributed by atoms with E-state index in [9.17, 15) is 4.79 Å². The Morgan fingerprint density at radius 3 is 2.53 bits per heavy atom. The third-order valence-corrected chi connectivity index (χ3v) is 6.15. The second kappa shape index (κ2) is 10.1. The highest BCUT2D eigenvalue weighted by Gasteiger charge is 2.32. The minimum atomic E-state index is -0.165. The highest BCUT2D eigenvalue weighted by atomic mass is 32.2. The summed E-state index contributed by atoms with van der Waals surface area (Å²) in [5, 5.41) is 11.1. The fourth-order valence-electron chi connectivity index (χ4n) is 3.63. The first kappa shape index (κ1) is 24.2. The largest absolute Gasteiger partial charge is 0.369 e. The topological polar surface area (TPSA) is 96.0 Å². The summed E-state index contributed by atoms with van der Waals surface area (Å²) in [6.07, 6.45) is 1.22. The summed E-state index contributed by atoms with van der Waals surface area (Å²) in [5.41, 5.74) is 1.83. The zero-order valence-electron chi connectivity index (χ0n) is 20.4. The highest BCUT2D eigenvalue weighted by molar-refractivity contribution is 7.99. The first-order valence-corrected chi connectivity index (χ1v) is 12.4. The molecule has 0 aliphatic carbocycles. The quantitative estimate of drug-likeness (QED) is 0.416. The van der Waals surface area contributed by atoms with Crippen molar-refractivity contribution < 1.29 is 9.53 Å². The number of rotatable bonds is 9. The molecule has 3 heterocycles. The standard InChI is InChI=1S/C25H32N6O2S/c1-6-18(32)12-17-7-9-20(10-8-17)34-24-27-21(26-22-11-16(2)29-30-22)13-23(28-24)31-14-19(15-31)33-25(3,4)5/h7-11,13,19H,6,12,14-15H2,1-5H3,(H2,26,27,28,29,30). The Balaban J connectivity index is 1.52. The van der Waals surface area contributed by atoms with E-state index in [2.05, 4.69) is 41.2 Å². The van der Waals surface area contributed by atoms with Crippen molar-refractivity contribution in [2.24, 2.45) is 0 Å². The molecule has 2 aromatic heterocycles. The minimum absolute atomic E-state index is 0.165. The molecule has 0 radical (unpaired) electrons. The van der Waals surface area contributed by atoms with Crippen LogP contribution in [0.3, 0.4) is 0 Å². The molecule has 9 heteroatoms. The summed E-state index contributed by atoms with van der Waals surface area (Å²) in [5.74, 6) is 2.49. The molecule has 0 atom stereocenters. The van der Waals surface area contributed by atoms with Crippen LogP contribution in [0.25, 0.3) is 0 Å². The average Bonchev–Trinajstić information content (AvgIpc) is 3.15. The summed E-state index contributed by atoms with van der Waals surface area (Å²) in [4.78, 5) is 24.5. The number of Topliss-reactive ketones (excluding diaryl/α,β-unsaturated/α-hetero) is 1. The van der Waals surface area contributed by atoms with E-state index < -0.39 is 0 Å². The molecule has 8 nitrogen and oxygen atoms in total. The molecule has 180 valence electrons. The number of nitrogens with zero attached hydrogens (tertiary/aromatic N) is 4. The van der Waals surface area contributed by atoms with Crippen LogP contribution in [-0.4, -0.2) is 50.7 Å². The van der Waals surface area contributed by atoms with Gasteiger partial charge in [0.05, 0.1) is 11.7 Å². The number of nitrogens with one attached hydrogen (secondary N) is 2. The fourth-order valence-corrected chi connectivity index (χ4v) is 4.40. The number of aromatic nitrogens is 4. The number of hydrogen-bond acceptors (Lipinski definition) is 8. The van der Waals surface area contributed by atoms with Gasteiger partial charge in [-0.25, -0.2) is 9.97 Å². The molecule has 34 heavy (non-hydrogen) atoms. The number of anilines is 3. The van der Waals surface area contributed by atoms with Crippen molar-refractivity contribution >= 4 is 35.0 Å². The molecule has 3 aromatic rings. The van der Waals surface area contributed by atoms with E-state index in [4.69, 9.17) is 14.7 Å². The molecule has 1 aromatic carbocycles. The van der Waals surface area contributed by atoms with Gasteiger partial charge in [0, 0.05) is 48.7 Å². The van der Waals surface area contributed by atoms with Gasteiger partial charge < -0.3 is 15.0 Å².